The predicted octanol–water partition coefficient (Wildman–Crippen LogP) is 14.7. The molecule has 2 heteroatoms. The maximum absolute atomic E-state index is 5.62. The quantitative estimate of drug-likeness (QED) is 0.118. The van der Waals surface area contributed by atoms with Gasteiger partial charge in [-0.05, 0) is 102 Å². The molecule has 0 bridgehead atoms. The highest BCUT2D eigenvalue weighted by molar-refractivity contribution is 6.05. The molecule has 0 radical (unpaired) electrons. The second kappa shape index (κ2) is 15.2. The SMILES string of the molecule is CCCCCC1(CCCCC)c2ccccc2-c2ccc(-c3nc(-c4c(C)cc(C)cc4C)c4cc(-c5ccccc5)cc(-c5ccccc5)c4n3)cc21. The smallest absolute Gasteiger partial charge is 0.160 e. The lowest BCUT2D eigenvalue weighted by Crippen LogP contribution is -2.25. The summed E-state index contributed by atoms with van der Waals surface area (Å²) in [7, 11) is 0. The maximum Gasteiger partial charge on any atom is 0.160 e. The molecule has 0 saturated heterocycles. The van der Waals surface area contributed by atoms with Crippen molar-refractivity contribution in [2.24, 2.45) is 0 Å². The zero-order chi connectivity index (χ0) is 37.2. The first-order chi connectivity index (χ1) is 26.4. The van der Waals surface area contributed by atoms with Crippen molar-refractivity contribution >= 4 is 10.9 Å². The van der Waals surface area contributed by atoms with Gasteiger partial charge >= 0.3 is 0 Å². The summed E-state index contributed by atoms with van der Waals surface area (Å²) in [5.74, 6) is 0.788. The lowest BCUT2D eigenvalue weighted by molar-refractivity contribution is 0.405. The van der Waals surface area contributed by atoms with Gasteiger partial charge in [-0.1, -0.05) is 167 Å². The highest BCUT2D eigenvalue weighted by Crippen LogP contribution is 2.55. The molecule has 6 aromatic carbocycles. The number of aryl methyl sites for hydroxylation is 3. The van der Waals surface area contributed by atoms with Gasteiger partial charge in [0.15, 0.2) is 5.82 Å². The summed E-state index contributed by atoms with van der Waals surface area (Å²) >= 11 is 0. The third-order valence-electron chi connectivity index (χ3n) is 11.8. The minimum absolute atomic E-state index is 0.00410. The van der Waals surface area contributed by atoms with Crippen molar-refractivity contribution in [1.82, 2.24) is 9.97 Å². The van der Waals surface area contributed by atoms with Crippen LogP contribution < -0.4 is 0 Å². The van der Waals surface area contributed by atoms with E-state index >= 15 is 0 Å². The molecule has 0 saturated carbocycles. The van der Waals surface area contributed by atoms with Crippen molar-refractivity contribution in [2.75, 3.05) is 0 Å². The van der Waals surface area contributed by atoms with E-state index in [2.05, 4.69) is 162 Å². The molecule has 0 amide bonds. The molecule has 0 aliphatic heterocycles. The fourth-order valence-electron chi connectivity index (χ4n) is 9.35. The van der Waals surface area contributed by atoms with Crippen LogP contribution >= 0.6 is 0 Å². The van der Waals surface area contributed by atoms with E-state index in [1.807, 2.05) is 0 Å². The van der Waals surface area contributed by atoms with Crippen LogP contribution in [0.5, 0.6) is 0 Å². The molecule has 1 aromatic heterocycles. The van der Waals surface area contributed by atoms with Crippen molar-refractivity contribution in [1.29, 1.82) is 0 Å². The van der Waals surface area contributed by atoms with E-state index < -0.39 is 0 Å². The average molecular weight is 705 g/mol. The predicted molar refractivity (Wildman–Crippen MR) is 230 cm³/mol. The number of nitrogens with zero attached hydrogens (tertiary/aromatic N) is 2. The van der Waals surface area contributed by atoms with Gasteiger partial charge in [-0.15, -0.1) is 0 Å². The number of unbranched alkanes of at least 4 members (excludes halogenated alkanes) is 4. The first-order valence-corrected chi connectivity index (χ1v) is 20.2. The van der Waals surface area contributed by atoms with Crippen molar-refractivity contribution in [3.8, 4) is 56.0 Å². The number of hydrogen-bond donors (Lipinski definition) is 0. The standard InChI is InChI=1S/C52H52N2/c1-6-8-18-28-52(29-19-9-7-2)46-25-17-16-24-42(46)43-27-26-40(34-47(43)52)51-53-49-44(39-22-14-11-15-23-39)32-41(38-20-12-10-13-21-38)33-45(49)50(54-51)48-36(4)30-35(3)31-37(48)5/h10-17,20-27,30-34H,6-9,18-19,28-29H2,1-5H3. The Balaban J connectivity index is 1.41. The van der Waals surface area contributed by atoms with Crippen LogP contribution in [0.3, 0.4) is 0 Å². The third kappa shape index (κ3) is 6.47. The Bertz CT molecular complexity index is 2410. The van der Waals surface area contributed by atoms with Gasteiger partial charge in [0.05, 0.1) is 11.2 Å². The Morgan fingerprint density at radius 3 is 1.76 bits per heavy atom. The van der Waals surface area contributed by atoms with Crippen LogP contribution in [-0.2, 0) is 5.41 Å². The van der Waals surface area contributed by atoms with E-state index in [0.717, 1.165) is 39.1 Å². The highest BCUT2D eigenvalue weighted by Gasteiger charge is 2.42. The van der Waals surface area contributed by atoms with Crippen LogP contribution in [-0.4, -0.2) is 9.97 Å². The minimum Gasteiger partial charge on any atom is -0.227 e. The van der Waals surface area contributed by atoms with Gasteiger partial charge in [-0.2, -0.15) is 0 Å². The summed E-state index contributed by atoms with van der Waals surface area (Å²) in [5, 5.41) is 1.08. The summed E-state index contributed by atoms with van der Waals surface area (Å²) in [5.41, 5.74) is 18.4. The molecule has 1 heterocycles. The van der Waals surface area contributed by atoms with Crippen LogP contribution in [0.2, 0.25) is 0 Å². The molecule has 8 rings (SSSR count). The Morgan fingerprint density at radius 1 is 0.481 bits per heavy atom. The third-order valence-corrected chi connectivity index (χ3v) is 11.8. The second-order valence-electron chi connectivity index (χ2n) is 15.6. The van der Waals surface area contributed by atoms with Crippen LogP contribution in [0.25, 0.3) is 66.9 Å². The molecule has 2 nitrogen and oxygen atoms in total. The van der Waals surface area contributed by atoms with Gasteiger partial charge in [0, 0.05) is 27.5 Å². The normalized spacial score (nSPS) is 12.9. The molecule has 0 atom stereocenters. The molecule has 1 aliphatic carbocycles. The fourth-order valence-corrected chi connectivity index (χ4v) is 9.35. The molecule has 270 valence electrons. The van der Waals surface area contributed by atoms with Crippen LogP contribution in [0.15, 0.2) is 127 Å². The summed E-state index contributed by atoms with van der Waals surface area (Å²) in [6.07, 6.45) is 9.76. The maximum atomic E-state index is 5.62. The molecular formula is C52H52N2. The zero-order valence-corrected chi connectivity index (χ0v) is 32.7. The van der Waals surface area contributed by atoms with Gasteiger partial charge in [-0.25, -0.2) is 9.97 Å². The highest BCUT2D eigenvalue weighted by atomic mass is 14.9. The first kappa shape index (κ1) is 35.7. The van der Waals surface area contributed by atoms with Crippen molar-refractivity contribution < 1.29 is 0 Å². The fraction of sp³-hybridized carbons (Fsp3) is 0.269. The second-order valence-corrected chi connectivity index (χ2v) is 15.6. The van der Waals surface area contributed by atoms with Crippen molar-refractivity contribution in [2.45, 2.75) is 91.4 Å². The summed E-state index contributed by atoms with van der Waals surface area (Å²) < 4.78 is 0. The lowest BCUT2D eigenvalue weighted by atomic mass is 9.70. The van der Waals surface area contributed by atoms with E-state index in [0.29, 0.717) is 0 Å². The molecule has 0 N–H and O–H groups in total. The van der Waals surface area contributed by atoms with Gasteiger partial charge in [0.25, 0.3) is 0 Å². The van der Waals surface area contributed by atoms with E-state index in [-0.39, 0.29) is 5.41 Å². The molecule has 0 spiro atoms. The number of benzene rings is 6. The number of hydrogen-bond acceptors (Lipinski definition) is 2. The topological polar surface area (TPSA) is 25.8 Å². The van der Waals surface area contributed by atoms with E-state index in [1.165, 1.54) is 107 Å². The molecular weight excluding hydrogens is 653 g/mol. The van der Waals surface area contributed by atoms with E-state index in [1.54, 1.807) is 0 Å². The number of fused-ring (bicyclic) bond motifs is 4. The number of rotatable bonds is 12. The lowest BCUT2D eigenvalue weighted by Gasteiger charge is -2.33. The molecule has 54 heavy (non-hydrogen) atoms. The summed E-state index contributed by atoms with van der Waals surface area (Å²) in [6, 6.07) is 47.1. The van der Waals surface area contributed by atoms with Crippen molar-refractivity contribution in [3.63, 3.8) is 0 Å². The van der Waals surface area contributed by atoms with E-state index in [9.17, 15) is 0 Å². The first-order valence-electron chi connectivity index (χ1n) is 20.2. The Labute approximate surface area is 322 Å². The van der Waals surface area contributed by atoms with Gasteiger partial charge < -0.3 is 0 Å². The van der Waals surface area contributed by atoms with Crippen LogP contribution in [0.4, 0.5) is 0 Å². The van der Waals surface area contributed by atoms with Gasteiger partial charge in [-0.3, -0.25) is 0 Å². The molecule has 1 aliphatic rings. The molecule has 0 fully saturated rings. The minimum atomic E-state index is -0.00410. The summed E-state index contributed by atoms with van der Waals surface area (Å²) in [4.78, 5) is 11.2. The largest absolute Gasteiger partial charge is 0.227 e. The van der Waals surface area contributed by atoms with Crippen molar-refractivity contribution in [3.05, 3.63) is 155 Å². The zero-order valence-electron chi connectivity index (χ0n) is 32.7. The molecule has 0 unspecified atom stereocenters. The molecule has 7 aromatic rings. The average Bonchev–Trinajstić information content (AvgIpc) is 3.46. The Hall–Kier alpha value is -5.34. The van der Waals surface area contributed by atoms with Crippen LogP contribution in [0.1, 0.15) is 93.0 Å². The van der Waals surface area contributed by atoms with Gasteiger partial charge in [0.1, 0.15) is 0 Å². The Morgan fingerprint density at radius 2 is 1.09 bits per heavy atom. The monoisotopic (exact) mass is 704 g/mol. The number of aromatic nitrogens is 2. The Kier molecular flexibility index (Phi) is 10.0. The summed E-state index contributed by atoms with van der Waals surface area (Å²) in [6.45, 7) is 11.3. The van der Waals surface area contributed by atoms with Gasteiger partial charge in [0.2, 0.25) is 0 Å². The van der Waals surface area contributed by atoms with Crippen LogP contribution in [0, 0.1) is 20.8 Å². The van der Waals surface area contributed by atoms with E-state index in [4.69, 9.17) is 9.97 Å².